The first-order chi connectivity index (χ1) is 14.7. The molecule has 3 rings (SSSR count). The molecule has 1 saturated heterocycles. The maximum absolute atomic E-state index is 14.6. The minimum Gasteiger partial charge on any atom is -0.396 e. The first-order valence-electron chi connectivity index (χ1n) is 12.4. The Morgan fingerprint density at radius 3 is 2.43 bits per heavy atom. The summed E-state index contributed by atoms with van der Waals surface area (Å²) in [6.45, 7) is 2.68. The maximum Gasteiger partial charge on any atom is 0.158 e. The molecule has 0 amide bonds. The van der Waals surface area contributed by atoms with E-state index in [1.165, 1.54) is 12.8 Å². The Hall–Kier alpha value is -0.670. The number of aliphatic hydroxyl groups is 1. The average molecular weight is 425 g/mol. The van der Waals surface area contributed by atoms with Crippen molar-refractivity contribution in [3.8, 4) is 11.8 Å². The molecule has 0 aromatic heterocycles. The van der Waals surface area contributed by atoms with Crippen LogP contribution in [-0.4, -0.2) is 50.1 Å². The first kappa shape index (κ1) is 24.0. The van der Waals surface area contributed by atoms with Gasteiger partial charge >= 0.3 is 0 Å². The second-order valence-corrected chi connectivity index (χ2v) is 9.36. The summed E-state index contributed by atoms with van der Waals surface area (Å²) >= 11 is 0. The molecule has 2 aliphatic carbocycles. The third-order valence-corrected chi connectivity index (χ3v) is 6.82. The van der Waals surface area contributed by atoms with E-state index in [0.29, 0.717) is 18.3 Å². The minimum absolute atomic E-state index is 0.173. The predicted octanol–water partition coefficient (Wildman–Crippen LogP) is 5.03. The van der Waals surface area contributed by atoms with E-state index in [2.05, 4.69) is 11.8 Å². The van der Waals surface area contributed by atoms with E-state index in [0.717, 1.165) is 84.0 Å². The zero-order valence-electron chi connectivity index (χ0n) is 18.5. The van der Waals surface area contributed by atoms with E-state index >= 15 is 0 Å². The van der Waals surface area contributed by atoms with Crippen LogP contribution in [0.15, 0.2) is 0 Å². The van der Waals surface area contributed by atoms with Gasteiger partial charge in [0, 0.05) is 38.3 Å². The summed E-state index contributed by atoms with van der Waals surface area (Å²) in [4.78, 5) is 0. The molecule has 4 nitrogen and oxygen atoms in total. The second kappa shape index (κ2) is 13.7. The molecule has 3 aliphatic rings. The Bertz CT molecular complexity index is 517. The van der Waals surface area contributed by atoms with Crippen LogP contribution in [0, 0.1) is 29.6 Å². The number of aliphatic hydroxyl groups excluding tert-OH is 1. The molecule has 0 bridgehead atoms. The van der Waals surface area contributed by atoms with Crippen molar-refractivity contribution >= 4 is 0 Å². The quantitative estimate of drug-likeness (QED) is 0.417. The van der Waals surface area contributed by atoms with E-state index in [4.69, 9.17) is 19.3 Å². The normalized spacial score (nSPS) is 34.9. The van der Waals surface area contributed by atoms with Crippen molar-refractivity contribution in [1.82, 2.24) is 0 Å². The van der Waals surface area contributed by atoms with Crippen LogP contribution in [0.4, 0.5) is 4.39 Å². The van der Waals surface area contributed by atoms with Crippen LogP contribution in [0.1, 0.15) is 83.5 Å². The lowest BCUT2D eigenvalue weighted by Crippen LogP contribution is -2.37. The van der Waals surface area contributed by atoms with Crippen molar-refractivity contribution in [2.75, 3.05) is 26.4 Å². The average Bonchev–Trinajstić information content (AvgIpc) is 2.78. The maximum atomic E-state index is 14.6. The van der Waals surface area contributed by atoms with Gasteiger partial charge in [-0.3, -0.25) is 0 Å². The van der Waals surface area contributed by atoms with Gasteiger partial charge in [0.25, 0.3) is 0 Å². The van der Waals surface area contributed by atoms with Crippen LogP contribution in [-0.2, 0) is 14.2 Å². The zero-order valence-corrected chi connectivity index (χ0v) is 18.5. The molecule has 3 fully saturated rings. The molecule has 0 aromatic rings. The molecule has 2 saturated carbocycles. The topological polar surface area (TPSA) is 47.9 Å². The SMILES string of the molecule is OCCCCCOCC1CCC(C#CC2CCC(OC3CCCCO3)C(F)C2)CC1. The van der Waals surface area contributed by atoms with Crippen LogP contribution in [0.3, 0.4) is 0 Å². The largest absolute Gasteiger partial charge is 0.396 e. The summed E-state index contributed by atoms with van der Waals surface area (Å²) < 4.78 is 31.9. The summed E-state index contributed by atoms with van der Waals surface area (Å²) in [7, 11) is 0. The van der Waals surface area contributed by atoms with Crippen molar-refractivity contribution < 1.29 is 23.7 Å². The van der Waals surface area contributed by atoms with Crippen molar-refractivity contribution in [2.24, 2.45) is 17.8 Å². The van der Waals surface area contributed by atoms with Crippen LogP contribution in [0.2, 0.25) is 0 Å². The van der Waals surface area contributed by atoms with E-state index in [-0.39, 0.29) is 24.9 Å². The van der Waals surface area contributed by atoms with Gasteiger partial charge in [0.15, 0.2) is 6.29 Å². The van der Waals surface area contributed by atoms with Crippen LogP contribution < -0.4 is 0 Å². The lowest BCUT2D eigenvalue weighted by molar-refractivity contribution is -0.206. The molecule has 4 unspecified atom stereocenters. The summed E-state index contributed by atoms with van der Waals surface area (Å²) in [5.41, 5.74) is 0. The summed E-state index contributed by atoms with van der Waals surface area (Å²) in [6.07, 6.45) is 11.4. The first-order valence-corrected chi connectivity index (χ1v) is 12.4. The highest BCUT2D eigenvalue weighted by Gasteiger charge is 2.33. The molecule has 1 N–H and O–H groups in total. The van der Waals surface area contributed by atoms with Gasteiger partial charge in [0.05, 0.1) is 6.10 Å². The van der Waals surface area contributed by atoms with E-state index in [1.54, 1.807) is 0 Å². The van der Waals surface area contributed by atoms with Gasteiger partial charge in [-0.25, -0.2) is 4.39 Å². The fourth-order valence-electron chi connectivity index (χ4n) is 4.84. The van der Waals surface area contributed by atoms with Crippen molar-refractivity contribution in [1.29, 1.82) is 0 Å². The fourth-order valence-corrected chi connectivity index (χ4v) is 4.84. The molecule has 1 aliphatic heterocycles. The summed E-state index contributed by atoms with van der Waals surface area (Å²) in [5.74, 6) is 8.17. The highest BCUT2D eigenvalue weighted by Crippen LogP contribution is 2.32. The Balaban J connectivity index is 1.28. The molecular weight excluding hydrogens is 383 g/mol. The molecule has 172 valence electrons. The lowest BCUT2D eigenvalue weighted by Gasteiger charge is -2.33. The van der Waals surface area contributed by atoms with Crippen LogP contribution in [0.25, 0.3) is 0 Å². The Morgan fingerprint density at radius 1 is 0.900 bits per heavy atom. The van der Waals surface area contributed by atoms with Gasteiger partial charge < -0.3 is 19.3 Å². The van der Waals surface area contributed by atoms with Crippen LogP contribution >= 0.6 is 0 Å². The number of ether oxygens (including phenoxy) is 3. The van der Waals surface area contributed by atoms with E-state index in [9.17, 15) is 4.39 Å². The molecule has 1 heterocycles. The summed E-state index contributed by atoms with van der Waals surface area (Å²) in [5, 5.41) is 8.78. The number of alkyl halides is 1. The molecule has 0 aromatic carbocycles. The number of rotatable bonds is 9. The molecule has 0 spiro atoms. The van der Waals surface area contributed by atoms with Gasteiger partial charge in [0.1, 0.15) is 6.17 Å². The van der Waals surface area contributed by atoms with Crippen LogP contribution in [0.5, 0.6) is 0 Å². The van der Waals surface area contributed by atoms with Crippen molar-refractivity contribution in [3.05, 3.63) is 0 Å². The molecule has 5 heteroatoms. The van der Waals surface area contributed by atoms with E-state index in [1.807, 2.05) is 0 Å². The number of hydrogen-bond acceptors (Lipinski definition) is 4. The standard InChI is InChI=1S/C25H41FO4/c26-23-18-21(13-14-24(23)30-25-6-2-5-17-29-25)10-7-20-8-11-22(12-9-20)19-28-16-4-1-3-15-27/h20-25,27H,1-6,8-9,11-19H2. The van der Waals surface area contributed by atoms with Gasteiger partial charge in [-0.1, -0.05) is 11.8 Å². The second-order valence-electron chi connectivity index (χ2n) is 9.36. The Labute approximate surface area is 182 Å². The van der Waals surface area contributed by atoms with Gasteiger partial charge in [-0.2, -0.15) is 0 Å². The molecule has 4 atom stereocenters. The molecule has 30 heavy (non-hydrogen) atoms. The van der Waals surface area contributed by atoms with Crippen molar-refractivity contribution in [2.45, 2.75) is 102 Å². The zero-order chi connectivity index (χ0) is 21.0. The fraction of sp³-hybridized carbons (Fsp3) is 0.920. The number of hydrogen-bond donors (Lipinski definition) is 1. The van der Waals surface area contributed by atoms with Gasteiger partial charge in [-0.15, -0.1) is 0 Å². The molecular formula is C25H41FO4. The smallest absolute Gasteiger partial charge is 0.158 e. The summed E-state index contributed by atoms with van der Waals surface area (Å²) in [6, 6.07) is 0. The Kier molecular flexibility index (Phi) is 10.9. The third kappa shape index (κ3) is 8.46. The Morgan fingerprint density at radius 2 is 1.70 bits per heavy atom. The van der Waals surface area contributed by atoms with Gasteiger partial charge in [-0.05, 0) is 89.4 Å². The highest BCUT2D eigenvalue weighted by atomic mass is 19.1. The monoisotopic (exact) mass is 424 g/mol. The number of unbranched alkanes of at least 4 members (excludes halogenated alkanes) is 2. The minimum atomic E-state index is -0.922. The van der Waals surface area contributed by atoms with Gasteiger partial charge in [0.2, 0.25) is 0 Å². The third-order valence-electron chi connectivity index (χ3n) is 6.82. The molecule has 0 radical (unpaired) electrons. The van der Waals surface area contributed by atoms with E-state index < -0.39 is 6.17 Å². The van der Waals surface area contributed by atoms with Crippen molar-refractivity contribution in [3.63, 3.8) is 0 Å². The highest BCUT2D eigenvalue weighted by molar-refractivity contribution is 5.10. The predicted molar refractivity (Wildman–Crippen MR) is 116 cm³/mol. The number of halogens is 1. The lowest BCUT2D eigenvalue weighted by atomic mass is 9.81.